The van der Waals surface area contributed by atoms with Crippen LogP contribution in [0.5, 0.6) is 17.4 Å². The van der Waals surface area contributed by atoms with Crippen LogP contribution >= 0.6 is 22.9 Å². The van der Waals surface area contributed by atoms with Gasteiger partial charge in [-0.2, -0.15) is 0 Å². The van der Waals surface area contributed by atoms with Crippen LogP contribution in [0, 0.1) is 11.6 Å². The van der Waals surface area contributed by atoms with Crippen molar-refractivity contribution in [2.24, 2.45) is 0 Å². The van der Waals surface area contributed by atoms with Crippen LogP contribution in [0.3, 0.4) is 0 Å². The lowest BCUT2D eigenvalue weighted by atomic mass is 9.98. The SMILES string of the molecule is C/C=C(/C=C\C(OCCN1CCN(C)CC1)=C(/C)Cl)c1c(-c2cc(N)c(F)c(F)c2)sc2ncnc(OC(Cc3ccccc3OCc3ccnc(-c4ccccc4OC)n3)C(=O)O)c12. The third kappa shape index (κ3) is 11.3. The third-order valence-corrected chi connectivity index (χ3v) is 12.1. The van der Waals surface area contributed by atoms with E-state index in [1.54, 1.807) is 69.6 Å². The summed E-state index contributed by atoms with van der Waals surface area (Å²) in [4.78, 5) is 36.5. The first-order chi connectivity index (χ1) is 31.4. The molecule has 0 bridgehead atoms. The van der Waals surface area contributed by atoms with Crippen molar-refractivity contribution in [3.05, 3.63) is 137 Å². The van der Waals surface area contributed by atoms with Crippen LogP contribution in [-0.2, 0) is 22.6 Å². The normalized spacial score (nSPS) is 14.7. The monoisotopic (exact) mass is 923 g/mol. The average Bonchev–Trinajstić information content (AvgIpc) is 3.70. The number of nitrogen functional groups attached to an aromatic ring is 1. The molecule has 0 spiro atoms. The summed E-state index contributed by atoms with van der Waals surface area (Å²) in [6, 6.07) is 18.6. The molecule has 3 aromatic heterocycles. The van der Waals surface area contributed by atoms with Gasteiger partial charge in [-0.05, 0) is 80.1 Å². The van der Waals surface area contributed by atoms with Gasteiger partial charge < -0.3 is 34.7 Å². The van der Waals surface area contributed by atoms with Crippen molar-refractivity contribution in [3.8, 4) is 39.2 Å². The Morgan fingerprint density at radius 1 is 1.02 bits per heavy atom. The Hall–Kier alpha value is -6.46. The molecule has 6 aromatic rings. The molecule has 65 heavy (non-hydrogen) atoms. The maximum Gasteiger partial charge on any atom is 0.345 e. The largest absolute Gasteiger partial charge is 0.496 e. The number of piperazine rings is 1. The van der Waals surface area contributed by atoms with E-state index >= 15 is 0 Å². The number of benzene rings is 3. The van der Waals surface area contributed by atoms with Crippen molar-refractivity contribution in [3.63, 3.8) is 0 Å². The second kappa shape index (κ2) is 21.5. The number of carboxylic acid groups (broad SMARTS) is 1. The van der Waals surface area contributed by atoms with Gasteiger partial charge in [-0.3, -0.25) is 4.90 Å². The van der Waals surface area contributed by atoms with Crippen molar-refractivity contribution >= 4 is 50.4 Å². The van der Waals surface area contributed by atoms with Gasteiger partial charge in [0, 0.05) is 55.8 Å². The van der Waals surface area contributed by atoms with Crippen LogP contribution < -0.4 is 19.9 Å². The molecule has 0 saturated carbocycles. The van der Waals surface area contributed by atoms with E-state index in [1.165, 1.54) is 12.4 Å². The van der Waals surface area contributed by atoms with E-state index in [-0.39, 0.29) is 30.2 Å². The fraction of sp³-hybridized carbons (Fsp3) is 0.271. The summed E-state index contributed by atoms with van der Waals surface area (Å²) in [5.41, 5.74) is 8.73. The predicted molar refractivity (Wildman–Crippen MR) is 249 cm³/mol. The van der Waals surface area contributed by atoms with Crippen LogP contribution in [0.25, 0.3) is 37.6 Å². The number of aliphatic carboxylic acids is 1. The number of nitrogens with zero attached hydrogens (tertiary/aromatic N) is 6. The number of rotatable bonds is 18. The molecule has 0 amide bonds. The number of carbonyl (C=O) groups is 1. The first-order valence-electron chi connectivity index (χ1n) is 20.8. The smallest absolute Gasteiger partial charge is 0.345 e. The zero-order valence-electron chi connectivity index (χ0n) is 36.3. The molecule has 1 fully saturated rings. The topological polar surface area (TPSA) is 158 Å². The number of likely N-dealkylation sites (N-methyl/N-ethyl adjacent to an activating group) is 1. The van der Waals surface area contributed by atoms with Crippen molar-refractivity contribution in [2.75, 3.05) is 59.2 Å². The Labute approximate surface area is 384 Å². The number of hydrogen-bond acceptors (Lipinski definition) is 13. The lowest BCUT2D eigenvalue weighted by Crippen LogP contribution is -2.45. The molecule has 1 aliphatic rings. The summed E-state index contributed by atoms with van der Waals surface area (Å²) < 4.78 is 53.8. The Balaban J connectivity index is 1.19. The van der Waals surface area contributed by atoms with Gasteiger partial charge in [0.25, 0.3) is 0 Å². The molecule has 17 heteroatoms. The zero-order chi connectivity index (χ0) is 46.0. The molecule has 1 unspecified atom stereocenters. The maximum atomic E-state index is 15.0. The Bertz CT molecular complexity index is 2730. The number of allylic oxidation sites excluding steroid dienone is 5. The number of aromatic nitrogens is 4. The number of methoxy groups -OCH3 is 1. The summed E-state index contributed by atoms with van der Waals surface area (Å²) in [5.74, 6) is -1.66. The fourth-order valence-corrected chi connectivity index (χ4v) is 8.50. The first-order valence-corrected chi connectivity index (χ1v) is 22.0. The van der Waals surface area contributed by atoms with E-state index in [9.17, 15) is 18.7 Å². The van der Waals surface area contributed by atoms with Gasteiger partial charge in [0.05, 0.1) is 34.5 Å². The summed E-state index contributed by atoms with van der Waals surface area (Å²) in [6.07, 6.45) is 6.63. The van der Waals surface area contributed by atoms with Crippen molar-refractivity contribution in [1.82, 2.24) is 29.7 Å². The van der Waals surface area contributed by atoms with Gasteiger partial charge in [0.15, 0.2) is 17.5 Å². The molecule has 1 atom stereocenters. The Morgan fingerprint density at radius 3 is 2.49 bits per heavy atom. The lowest BCUT2D eigenvalue weighted by Gasteiger charge is -2.32. The highest BCUT2D eigenvalue weighted by molar-refractivity contribution is 7.22. The fourth-order valence-electron chi connectivity index (χ4n) is 7.24. The molecular formula is C48H48ClF2N7O6S. The minimum atomic E-state index is -1.46. The van der Waals surface area contributed by atoms with Gasteiger partial charge >= 0.3 is 5.97 Å². The molecule has 1 saturated heterocycles. The second-order valence-electron chi connectivity index (χ2n) is 15.1. The summed E-state index contributed by atoms with van der Waals surface area (Å²) in [7, 11) is 3.68. The van der Waals surface area contributed by atoms with Gasteiger partial charge in [-0.15, -0.1) is 11.3 Å². The molecular weight excluding hydrogens is 876 g/mol. The minimum Gasteiger partial charge on any atom is -0.496 e. The number of halogens is 3. The van der Waals surface area contributed by atoms with E-state index in [0.717, 1.165) is 55.7 Å². The van der Waals surface area contributed by atoms with E-state index < -0.39 is 23.7 Å². The number of anilines is 1. The Morgan fingerprint density at radius 2 is 1.77 bits per heavy atom. The van der Waals surface area contributed by atoms with Crippen molar-refractivity contribution in [1.29, 1.82) is 0 Å². The van der Waals surface area contributed by atoms with Crippen LogP contribution in [0.15, 0.2) is 108 Å². The van der Waals surface area contributed by atoms with Crippen molar-refractivity contribution in [2.45, 2.75) is 33.0 Å². The van der Waals surface area contributed by atoms with Crippen LogP contribution in [-0.4, -0.2) is 100 Å². The minimum absolute atomic E-state index is 0.0424. The molecule has 13 nitrogen and oxygen atoms in total. The number of ether oxygens (including phenoxy) is 4. The quantitative estimate of drug-likeness (QED) is 0.0479. The molecule has 4 heterocycles. The molecule has 1 aliphatic heterocycles. The van der Waals surface area contributed by atoms with E-state index in [0.29, 0.717) is 72.2 Å². The molecule has 338 valence electrons. The average molecular weight is 924 g/mol. The third-order valence-electron chi connectivity index (χ3n) is 10.7. The number of fused-ring (bicyclic) bond motifs is 1. The number of hydrogen-bond donors (Lipinski definition) is 2. The summed E-state index contributed by atoms with van der Waals surface area (Å²) >= 11 is 7.71. The summed E-state index contributed by atoms with van der Waals surface area (Å²) in [6.45, 7) is 8.54. The van der Waals surface area contributed by atoms with Gasteiger partial charge in [0.1, 0.15) is 41.6 Å². The first kappa shape index (κ1) is 46.5. The molecule has 3 N–H and O–H groups in total. The highest BCUT2D eigenvalue weighted by atomic mass is 35.5. The van der Waals surface area contributed by atoms with E-state index in [4.69, 9.17) is 36.3 Å². The lowest BCUT2D eigenvalue weighted by molar-refractivity contribution is -0.145. The highest BCUT2D eigenvalue weighted by Gasteiger charge is 2.28. The number of para-hydroxylation sites is 2. The standard InChI is InChI=1S/C48H48ClF2N7O6S/c1-5-30(14-15-37(29(2)49)62-23-22-58-20-18-57(3)19-21-58)41-42-46(54-28-55-47(42)65-44(41)32-24-35(50)43(51)36(52)25-32)64-40(48(59)60)26-31-10-6-8-12-38(31)63-27-33-16-17-53-45(56-33)34-11-7-9-13-39(34)61-4/h5-17,24-25,28,40H,18-23,26-27,52H2,1-4H3,(H,59,60)/b15-14-,30-5-,37-29-. The molecule has 7 rings (SSSR count). The predicted octanol–water partition coefficient (Wildman–Crippen LogP) is 9.03. The van der Waals surface area contributed by atoms with E-state index in [2.05, 4.69) is 36.8 Å². The Kier molecular flexibility index (Phi) is 15.4. The number of nitrogens with two attached hydrogens (primary N) is 1. The number of thiophene rings is 1. The molecule has 0 radical (unpaired) electrons. The molecule has 0 aliphatic carbocycles. The van der Waals surface area contributed by atoms with Gasteiger partial charge in [-0.1, -0.05) is 54.1 Å². The van der Waals surface area contributed by atoms with E-state index in [1.807, 2.05) is 30.3 Å². The maximum absolute atomic E-state index is 15.0. The van der Waals surface area contributed by atoms with Crippen molar-refractivity contribution < 1.29 is 37.6 Å². The van der Waals surface area contributed by atoms with Crippen LogP contribution in [0.4, 0.5) is 14.5 Å². The summed E-state index contributed by atoms with van der Waals surface area (Å²) in [5, 5.41) is 11.4. The second-order valence-corrected chi connectivity index (χ2v) is 16.7. The van der Waals surface area contributed by atoms with Crippen LogP contribution in [0.2, 0.25) is 0 Å². The molecule has 3 aromatic carbocycles. The highest BCUT2D eigenvalue weighted by Crippen LogP contribution is 2.46. The van der Waals surface area contributed by atoms with Gasteiger partial charge in [-0.25, -0.2) is 33.5 Å². The zero-order valence-corrected chi connectivity index (χ0v) is 37.8. The number of carboxylic acids is 1. The van der Waals surface area contributed by atoms with Crippen LogP contribution in [0.1, 0.15) is 30.7 Å². The van der Waals surface area contributed by atoms with Gasteiger partial charge in [0.2, 0.25) is 12.0 Å².